The number of para-hydroxylation sites is 1. The third kappa shape index (κ3) is 5.16. The summed E-state index contributed by atoms with van der Waals surface area (Å²) in [6, 6.07) is 3.74. The molecule has 0 aliphatic heterocycles. The van der Waals surface area contributed by atoms with E-state index in [0.717, 1.165) is 22.8 Å². The van der Waals surface area contributed by atoms with Gasteiger partial charge < -0.3 is 15.2 Å². The summed E-state index contributed by atoms with van der Waals surface area (Å²) in [6.45, 7) is -0.427. The largest absolute Gasteiger partial charge is 0.481 e. The van der Waals surface area contributed by atoms with Gasteiger partial charge in [-0.1, -0.05) is 6.07 Å². The van der Waals surface area contributed by atoms with Gasteiger partial charge in [0.15, 0.2) is 11.9 Å². The number of ether oxygens (including phenoxy) is 1. The molecule has 0 spiro atoms. The standard InChI is InChI=1S/C21H18F6N4O4/c1-9(32)19-29-31(21(34)30(19)2)14-7-15(35-16(8-22)18(26)27)10(6-13(14)25)20(33)28-17-11(23)4-3-5-12(17)24/h3-7,9,16,18,32H,8H2,1-2H3,(H,28,33)/t9?,16-/m0/s1. The van der Waals surface area contributed by atoms with E-state index in [1.807, 2.05) is 5.32 Å². The third-order valence-corrected chi connectivity index (χ3v) is 4.82. The fourth-order valence-electron chi connectivity index (χ4n) is 3.06. The van der Waals surface area contributed by atoms with Gasteiger partial charge >= 0.3 is 5.69 Å². The highest BCUT2D eigenvalue weighted by molar-refractivity contribution is 6.06. The smallest absolute Gasteiger partial charge is 0.350 e. The molecule has 188 valence electrons. The Kier molecular flexibility index (Phi) is 7.53. The minimum Gasteiger partial charge on any atom is -0.481 e. The van der Waals surface area contributed by atoms with Crippen molar-refractivity contribution in [2.45, 2.75) is 25.6 Å². The van der Waals surface area contributed by atoms with Crippen LogP contribution in [0.3, 0.4) is 0 Å². The maximum Gasteiger partial charge on any atom is 0.350 e. The molecule has 3 aromatic rings. The molecule has 35 heavy (non-hydrogen) atoms. The van der Waals surface area contributed by atoms with E-state index in [4.69, 9.17) is 4.74 Å². The van der Waals surface area contributed by atoms with Gasteiger partial charge in [0.1, 0.15) is 47.4 Å². The SMILES string of the molecule is CC(O)c1nn(-c2cc(O[C@@H](CF)C(F)F)c(C(=O)Nc3c(F)cccc3F)cc2F)c(=O)n1C. The summed E-state index contributed by atoms with van der Waals surface area (Å²) in [5.41, 5.74) is -3.38. The lowest BCUT2D eigenvalue weighted by Crippen LogP contribution is -2.29. The zero-order chi connectivity index (χ0) is 26.0. The highest BCUT2D eigenvalue weighted by Crippen LogP contribution is 2.29. The highest BCUT2D eigenvalue weighted by Gasteiger charge is 2.28. The first-order valence-electron chi connectivity index (χ1n) is 9.90. The van der Waals surface area contributed by atoms with E-state index in [2.05, 4.69) is 5.10 Å². The average Bonchev–Trinajstić information content (AvgIpc) is 3.09. The van der Waals surface area contributed by atoms with Crippen LogP contribution >= 0.6 is 0 Å². The first-order chi connectivity index (χ1) is 16.5. The molecule has 1 aromatic heterocycles. The van der Waals surface area contributed by atoms with Crippen molar-refractivity contribution in [1.29, 1.82) is 0 Å². The van der Waals surface area contributed by atoms with Gasteiger partial charge in [-0.25, -0.2) is 31.1 Å². The number of nitrogens with zero attached hydrogens (tertiary/aromatic N) is 3. The Morgan fingerprint density at radius 1 is 1.17 bits per heavy atom. The lowest BCUT2D eigenvalue weighted by molar-refractivity contribution is -0.00159. The summed E-state index contributed by atoms with van der Waals surface area (Å²) in [7, 11) is 1.23. The van der Waals surface area contributed by atoms with Crippen LogP contribution in [-0.4, -0.2) is 44.6 Å². The number of nitrogens with one attached hydrogen (secondary N) is 1. The molecule has 0 saturated carbocycles. The van der Waals surface area contributed by atoms with Gasteiger partial charge in [-0.2, -0.15) is 4.68 Å². The number of aliphatic hydroxyl groups is 1. The number of carbonyl (C=O) groups excluding carboxylic acids is 1. The van der Waals surface area contributed by atoms with Crippen LogP contribution in [0.15, 0.2) is 35.1 Å². The predicted octanol–water partition coefficient (Wildman–Crippen LogP) is 3.28. The molecular weight excluding hydrogens is 486 g/mol. The summed E-state index contributed by atoms with van der Waals surface area (Å²) in [5.74, 6) is -6.03. The van der Waals surface area contributed by atoms with E-state index in [-0.39, 0.29) is 5.82 Å². The van der Waals surface area contributed by atoms with Crippen molar-refractivity contribution in [2.24, 2.45) is 7.05 Å². The predicted molar refractivity (Wildman–Crippen MR) is 110 cm³/mol. The van der Waals surface area contributed by atoms with Crippen molar-refractivity contribution < 1.29 is 41.0 Å². The van der Waals surface area contributed by atoms with Crippen molar-refractivity contribution in [3.8, 4) is 11.4 Å². The molecule has 14 heteroatoms. The van der Waals surface area contributed by atoms with Gasteiger partial charge in [-0.3, -0.25) is 9.36 Å². The van der Waals surface area contributed by atoms with Gasteiger partial charge in [0.25, 0.3) is 12.3 Å². The van der Waals surface area contributed by atoms with Crippen LogP contribution in [0, 0.1) is 17.5 Å². The molecule has 0 saturated heterocycles. The Hall–Kier alpha value is -3.81. The monoisotopic (exact) mass is 504 g/mol. The summed E-state index contributed by atoms with van der Waals surface area (Å²) in [5, 5.41) is 15.4. The van der Waals surface area contributed by atoms with Gasteiger partial charge in [0, 0.05) is 13.1 Å². The first-order valence-corrected chi connectivity index (χ1v) is 9.90. The molecule has 8 nitrogen and oxygen atoms in total. The Balaban J connectivity index is 2.16. The number of hydrogen-bond acceptors (Lipinski definition) is 5. The Morgan fingerprint density at radius 3 is 2.31 bits per heavy atom. The van der Waals surface area contributed by atoms with Crippen molar-refractivity contribution in [3.05, 3.63) is 69.7 Å². The lowest BCUT2D eigenvalue weighted by Gasteiger charge is -2.19. The summed E-state index contributed by atoms with van der Waals surface area (Å²) >= 11 is 0. The summed E-state index contributed by atoms with van der Waals surface area (Å²) in [4.78, 5) is 25.2. The zero-order valence-electron chi connectivity index (χ0n) is 18.1. The first kappa shape index (κ1) is 25.8. The van der Waals surface area contributed by atoms with Crippen molar-refractivity contribution in [2.75, 3.05) is 12.0 Å². The molecule has 0 bridgehead atoms. The Labute approximate surface area is 193 Å². The van der Waals surface area contributed by atoms with E-state index in [9.17, 15) is 41.0 Å². The van der Waals surface area contributed by atoms with Crippen LogP contribution in [0.5, 0.6) is 5.75 Å². The molecule has 1 heterocycles. The third-order valence-electron chi connectivity index (χ3n) is 4.82. The number of hydrogen-bond donors (Lipinski definition) is 2. The van der Waals surface area contributed by atoms with Crippen LogP contribution in [0.25, 0.3) is 5.69 Å². The number of alkyl halides is 3. The number of halogens is 6. The summed E-state index contributed by atoms with van der Waals surface area (Å²) in [6.07, 6.45) is -7.01. The van der Waals surface area contributed by atoms with Crippen LogP contribution in [0.4, 0.5) is 32.0 Å². The van der Waals surface area contributed by atoms with Crippen molar-refractivity contribution in [3.63, 3.8) is 0 Å². The molecule has 2 aromatic carbocycles. The molecule has 3 rings (SSSR count). The topological polar surface area (TPSA) is 98.4 Å². The summed E-state index contributed by atoms with van der Waals surface area (Å²) < 4.78 is 88.5. The molecule has 0 radical (unpaired) electrons. The Bertz CT molecular complexity index is 1290. The van der Waals surface area contributed by atoms with Crippen LogP contribution in [0.1, 0.15) is 29.2 Å². The van der Waals surface area contributed by atoms with E-state index in [1.54, 1.807) is 0 Å². The van der Waals surface area contributed by atoms with E-state index in [0.29, 0.717) is 16.8 Å². The fraction of sp³-hybridized carbons (Fsp3) is 0.286. The normalized spacial score (nSPS) is 13.1. The number of aromatic nitrogens is 3. The molecule has 1 amide bonds. The second kappa shape index (κ2) is 10.2. The number of carbonyl (C=O) groups is 1. The quantitative estimate of drug-likeness (QED) is 0.459. The molecule has 2 atom stereocenters. The highest BCUT2D eigenvalue weighted by atomic mass is 19.3. The fourth-order valence-corrected chi connectivity index (χ4v) is 3.06. The van der Waals surface area contributed by atoms with Gasteiger partial charge in [-0.15, -0.1) is 5.10 Å². The number of benzene rings is 2. The molecule has 1 unspecified atom stereocenters. The van der Waals surface area contributed by atoms with Crippen molar-refractivity contribution in [1.82, 2.24) is 14.3 Å². The molecule has 2 N–H and O–H groups in total. The molecular formula is C21H18F6N4O4. The van der Waals surface area contributed by atoms with Crippen LogP contribution in [0.2, 0.25) is 0 Å². The van der Waals surface area contributed by atoms with Crippen molar-refractivity contribution >= 4 is 11.6 Å². The van der Waals surface area contributed by atoms with E-state index in [1.165, 1.54) is 14.0 Å². The minimum atomic E-state index is -3.37. The molecule has 0 aliphatic rings. The van der Waals surface area contributed by atoms with E-state index >= 15 is 0 Å². The maximum absolute atomic E-state index is 15.0. The minimum absolute atomic E-state index is 0.178. The number of anilines is 1. The van der Waals surface area contributed by atoms with Crippen LogP contribution in [-0.2, 0) is 7.05 Å². The lowest BCUT2D eigenvalue weighted by atomic mass is 10.1. The zero-order valence-corrected chi connectivity index (χ0v) is 18.1. The van der Waals surface area contributed by atoms with Gasteiger partial charge in [-0.05, 0) is 25.1 Å². The van der Waals surface area contributed by atoms with Crippen LogP contribution < -0.4 is 15.7 Å². The van der Waals surface area contributed by atoms with Gasteiger partial charge in [0.05, 0.1) is 5.56 Å². The second-order valence-electron chi connectivity index (χ2n) is 7.28. The molecule has 0 aliphatic carbocycles. The number of amides is 1. The Morgan fingerprint density at radius 2 is 1.80 bits per heavy atom. The average molecular weight is 504 g/mol. The number of aliphatic hydroxyl groups excluding tert-OH is 1. The number of rotatable bonds is 8. The maximum atomic E-state index is 15.0. The molecule has 0 fully saturated rings. The van der Waals surface area contributed by atoms with Gasteiger partial charge in [0.2, 0.25) is 0 Å². The van der Waals surface area contributed by atoms with E-state index < -0.39 is 77.0 Å². The second-order valence-corrected chi connectivity index (χ2v) is 7.28.